The number of hydrogen-bond acceptors (Lipinski definition) is 7. The lowest BCUT2D eigenvalue weighted by Gasteiger charge is -2.30. The number of fused-ring (bicyclic) bond motifs is 2. The molecule has 4 aromatic rings. The van der Waals surface area contributed by atoms with Crippen LogP contribution >= 0.6 is 11.6 Å². The lowest BCUT2D eigenvalue weighted by atomic mass is 10.0. The van der Waals surface area contributed by atoms with Crippen LogP contribution in [-0.4, -0.2) is 43.4 Å². The Hall–Kier alpha value is -3.26. The minimum absolute atomic E-state index is 0.416. The predicted molar refractivity (Wildman–Crippen MR) is 114 cm³/mol. The molecule has 0 N–H and O–H groups in total. The Bertz CT molecular complexity index is 1270. The average molecular weight is 422 g/mol. The summed E-state index contributed by atoms with van der Waals surface area (Å²) in [5, 5.41) is 13.4. The summed E-state index contributed by atoms with van der Waals surface area (Å²) in [4.78, 5) is 11.3. The van der Waals surface area contributed by atoms with Crippen molar-refractivity contribution in [2.24, 2.45) is 0 Å². The molecule has 0 bridgehead atoms. The molecule has 0 aromatic carbocycles. The SMILES string of the molecule is COc1ncc(-c2cnc3c(c2)CN(c2nn4cnnc4c(C)c2C)CC3)cc1Cl. The fourth-order valence-corrected chi connectivity index (χ4v) is 4.10. The molecule has 0 fully saturated rings. The maximum atomic E-state index is 6.26. The van der Waals surface area contributed by atoms with E-state index in [1.807, 2.05) is 12.3 Å². The van der Waals surface area contributed by atoms with E-state index in [1.165, 1.54) is 5.56 Å². The van der Waals surface area contributed by atoms with Crippen LogP contribution in [-0.2, 0) is 13.0 Å². The molecule has 4 aromatic heterocycles. The molecule has 152 valence electrons. The van der Waals surface area contributed by atoms with Gasteiger partial charge in [-0.3, -0.25) is 4.98 Å². The van der Waals surface area contributed by atoms with Crippen molar-refractivity contribution in [2.45, 2.75) is 26.8 Å². The summed E-state index contributed by atoms with van der Waals surface area (Å²) >= 11 is 6.26. The monoisotopic (exact) mass is 421 g/mol. The predicted octanol–water partition coefficient (Wildman–Crippen LogP) is 3.42. The number of hydrogen-bond donors (Lipinski definition) is 0. The minimum atomic E-state index is 0.416. The quantitative estimate of drug-likeness (QED) is 0.501. The van der Waals surface area contributed by atoms with E-state index in [0.717, 1.165) is 58.9 Å². The topological polar surface area (TPSA) is 81.3 Å². The van der Waals surface area contributed by atoms with Crippen molar-refractivity contribution in [3.8, 4) is 17.0 Å². The molecular formula is C21H20ClN7O. The lowest BCUT2D eigenvalue weighted by Crippen LogP contribution is -2.32. The maximum absolute atomic E-state index is 6.26. The van der Waals surface area contributed by atoms with Crippen molar-refractivity contribution in [3.05, 3.63) is 58.3 Å². The van der Waals surface area contributed by atoms with E-state index in [-0.39, 0.29) is 0 Å². The van der Waals surface area contributed by atoms with Crippen LogP contribution in [0.1, 0.15) is 22.4 Å². The highest BCUT2D eigenvalue weighted by atomic mass is 35.5. The third-order valence-electron chi connectivity index (χ3n) is 5.64. The number of anilines is 1. The van der Waals surface area contributed by atoms with Gasteiger partial charge in [0, 0.05) is 59.9 Å². The van der Waals surface area contributed by atoms with E-state index in [0.29, 0.717) is 10.9 Å². The molecule has 1 aliphatic rings. The van der Waals surface area contributed by atoms with Gasteiger partial charge in [-0.25, -0.2) is 4.98 Å². The van der Waals surface area contributed by atoms with E-state index >= 15 is 0 Å². The van der Waals surface area contributed by atoms with Crippen LogP contribution in [0.2, 0.25) is 5.02 Å². The van der Waals surface area contributed by atoms with Crippen LogP contribution < -0.4 is 9.64 Å². The summed E-state index contributed by atoms with van der Waals surface area (Å²) in [6, 6.07) is 4.01. The second kappa shape index (κ2) is 7.21. The zero-order valence-corrected chi connectivity index (χ0v) is 17.7. The summed E-state index contributed by atoms with van der Waals surface area (Å²) in [6.07, 6.45) is 6.13. The second-order valence-corrected chi connectivity index (χ2v) is 7.80. The highest BCUT2D eigenvalue weighted by Crippen LogP contribution is 2.31. The zero-order chi connectivity index (χ0) is 20.8. The Kier molecular flexibility index (Phi) is 4.51. The third kappa shape index (κ3) is 3.04. The smallest absolute Gasteiger partial charge is 0.232 e. The van der Waals surface area contributed by atoms with Crippen LogP contribution in [0.15, 0.2) is 30.9 Å². The summed E-state index contributed by atoms with van der Waals surface area (Å²) in [5.74, 6) is 1.36. The summed E-state index contributed by atoms with van der Waals surface area (Å²) in [7, 11) is 1.55. The average Bonchev–Trinajstić information content (AvgIpc) is 3.24. The van der Waals surface area contributed by atoms with Gasteiger partial charge >= 0.3 is 0 Å². The van der Waals surface area contributed by atoms with Crippen LogP contribution in [0, 0.1) is 13.8 Å². The van der Waals surface area contributed by atoms with Gasteiger partial charge in [0.2, 0.25) is 5.88 Å². The lowest BCUT2D eigenvalue weighted by molar-refractivity contribution is 0.398. The maximum Gasteiger partial charge on any atom is 0.232 e. The Labute approximate surface area is 178 Å². The molecule has 0 saturated carbocycles. The van der Waals surface area contributed by atoms with Crippen LogP contribution in [0.4, 0.5) is 5.82 Å². The number of ether oxygens (including phenoxy) is 1. The number of rotatable bonds is 3. The van der Waals surface area contributed by atoms with E-state index in [1.54, 1.807) is 24.1 Å². The zero-order valence-electron chi connectivity index (χ0n) is 16.9. The summed E-state index contributed by atoms with van der Waals surface area (Å²) in [6.45, 7) is 5.73. The van der Waals surface area contributed by atoms with Gasteiger partial charge in [0.1, 0.15) is 11.3 Å². The van der Waals surface area contributed by atoms with Gasteiger partial charge in [0.25, 0.3) is 0 Å². The van der Waals surface area contributed by atoms with Gasteiger partial charge in [0.05, 0.1) is 7.11 Å². The van der Waals surface area contributed by atoms with Crippen molar-refractivity contribution in [1.82, 2.24) is 29.8 Å². The molecule has 0 amide bonds. The molecule has 30 heavy (non-hydrogen) atoms. The van der Waals surface area contributed by atoms with Gasteiger partial charge in [-0.05, 0) is 31.5 Å². The number of halogens is 1. The minimum Gasteiger partial charge on any atom is -0.480 e. The molecule has 9 heteroatoms. The molecular weight excluding hydrogens is 402 g/mol. The molecule has 1 aliphatic heterocycles. The first-order valence-corrected chi connectivity index (χ1v) is 10.0. The third-order valence-corrected chi connectivity index (χ3v) is 5.91. The van der Waals surface area contributed by atoms with Gasteiger partial charge in [-0.1, -0.05) is 11.6 Å². The molecule has 5 heterocycles. The van der Waals surface area contributed by atoms with Crippen LogP contribution in [0.3, 0.4) is 0 Å². The summed E-state index contributed by atoms with van der Waals surface area (Å²) < 4.78 is 6.89. The Morgan fingerprint density at radius 3 is 2.67 bits per heavy atom. The first-order chi connectivity index (χ1) is 14.5. The highest BCUT2D eigenvalue weighted by Gasteiger charge is 2.23. The van der Waals surface area contributed by atoms with Crippen LogP contribution in [0.5, 0.6) is 5.88 Å². The number of methoxy groups -OCH3 is 1. The number of aromatic nitrogens is 6. The van der Waals surface area contributed by atoms with Crippen molar-refractivity contribution in [2.75, 3.05) is 18.6 Å². The first-order valence-electron chi connectivity index (χ1n) is 9.65. The molecule has 0 saturated heterocycles. The second-order valence-electron chi connectivity index (χ2n) is 7.39. The van der Waals surface area contributed by atoms with E-state index in [4.69, 9.17) is 26.4 Å². The summed E-state index contributed by atoms with van der Waals surface area (Å²) in [5.41, 5.74) is 7.17. The standard InChI is InChI=1S/C21H20ClN7O/c1-12-13(2)20(27-29-11-25-26-19(12)29)28-5-4-18-16(10-28)6-14(8-23-18)15-7-17(22)21(30-3)24-9-15/h6-9,11H,4-5,10H2,1-3H3. The number of nitrogens with zero attached hydrogens (tertiary/aromatic N) is 7. The largest absolute Gasteiger partial charge is 0.480 e. The van der Waals surface area contributed by atoms with Gasteiger partial charge in [-0.15, -0.1) is 15.3 Å². The first kappa shape index (κ1) is 18.7. The van der Waals surface area contributed by atoms with Crippen molar-refractivity contribution in [1.29, 1.82) is 0 Å². The Balaban J connectivity index is 1.50. The molecule has 0 spiro atoms. The molecule has 8 nitrogen and oxygen atoms in total. The van der Waals surface area contributed by atoms with E-state index in [9.17, 15) is 0 Å². The number of pyridine rings is 2. The molecule has 0 radical (unpaired) electrons. The van der Waals surface area contributed by atoms with Crippen molar-refractivity contribution >= 4 is 23.1 Å². The van der Waals surface area contributed by atoms with Gasteiger partial charge in [0.15, 0.2) is 11.5 Å². The Morgan fingerprint density at radius 1 is 1.07 bits per heavy atom. The number of aryl methyl sites for hydroxylation is 1. The Morgan fingerprint density at radius 2 is 1.87 bits per heavy atom. The van der Waals surface area contributed by atoms with Crippen molar-refractivity contribution < 1.29 is 4.74 Å². The van der Waals surface area contributed by atoms with Gasteiger partial charge < -0.3 is 9.64 Å². The highest BCUT2D eigenvalue weighted by molar-refractivity contribution is 6.32. The van der Waals surface area contributed by atoms with Crippen molar-refractivity contribution in [3.63, 3.8) is 0 Å². The molecule has 0 atom stereocenters. The fourth-order valence-electron chi connectivity index (χ4n) is 3.86. The molecule has 0 unspecified atom stereocenters. The fraction of sp³-hybridized carbons (Fsp3) is 0.286. The normalized spacial score (nSPS) is 13.5. The van der Waals surface area contributed by atoms with Gasteiger partial charge in [-0.2, -0.15) is 4.52 Å². The molecule has 5 rings (SSSR count). The van der Waals surface area contributed by atoms with Crippen LogP contribution in [0.25, 0.3) is 16.8 Å². The van der Waals surface area contributed by atoms with E-state index in [2.05, 4.69) is 40.0 Å². The van der Waals surface area contributed by atoms with E-state index < -0.39 is 0 Å². The molecule has 0 aliphatic carbocycles.